The number of fused-ring (bicyclic) bond motifs is 2. The molecule has 1 aromatic carbocycles. The number of likely N-dealkylation sites (tertiary alicyclic amines) is 1. The molecule has 0 unspecified atom stereocenters. The molecule has 2 aliphatic heterocycles. The molecule has 3 fully saturated rings. The van der Waals surface area contributed by atoms with E-state index in [4.69, 9.17) is 4.74 Å². The van der Waals surface area contributed by atoms with Crippen LogP contribution in [0.15, 0.2) is 24.3 Å². The first kappa shape index (κ1) is 25.2. The number of piperidine rings is 1. The second kappa shape index (κ2) is 10.9. The van der Waals surface area contributed by atoms with Crippen LogP contribution in [0.2, 0.25) is 0 Å². The van der Waals surface area contributed by atoms with Crippen LogP contribution in [-0.2, 0) is 22.4 Å². The lowest BCUT2D eigenvalue weighted by Gasteiger charge is -2.42. The van der Waals surface area contributed by atoms with E-state index in [9.17, 15) is 9.90 Å². The smallest absolute Gasteiger partial charge is 0.223 e. The number of rotatable bonds is 2. The molecule has 5 rings (SSSR count). The number of hydrogen-bond acceptors (Lipinski definition) is 4. The molecule has 2 aliphatic carbocycles. The largest absolute Gasteiger partial charge is 0.391 e. The zero-order chi connectivity index (χ0) is 24.4. The number of carbonyl (C=O) groups is 1. The molecule has 0 spiro atoms. The number of benzene rings is 1. The van der Waals surface area contributed by atoms with E-state index in [1.807, 2.05) is 0 Å². The maximum absolute atomic E-state index is 13.8. The second-order valence-electron chi connectivity index (χ2n) is 12.5. The highest BCUT2D eigenvalue weighted by molar-refractivity contribution is 5.77. The highest BCUT2D eigenvalue weighted by Crippen LogP contribution is 2.36. The van der Waals surface area contributed by atoms with Gasteiger partial charge in [-0.1, -0.05) is 51.0 Å². The number of amides is 1. The van der Waals surface area contributed by atoms with Crippen LogP contribution in [-0.4, -0.2) is 71.8 Å². The zero-order valence-corrected chi connectivity index (χ0v) is 22.0. The Morgan fingerprint density at radius 1 is 0.886 bits per heavy atom. The highest BCUT2D eigenvalue weighted by Gasteiger charge is 2.39. The Morgan fingerprint density at radius 2 is 1.60 bits per heavy atom. The molecule has 0 radical (unpaired) electrons. The number of nitrogens with zero attached hydrogens (tertiary/aromatic N) is 2. The highest BCUT2D eigenvalue weighted by atomic mass is 16.5. The van der Waals surface area contributed by atoms with Gasteiger partial charge in [-0.25, -0.2) is 0 Å². The second-order valence-corrected chi connectivity index (χ2v) is 12.5. The lowest BCUT2D eigenvalue weighted by atomic mass is 9.79. The summed E-state index contributed by atoms with van der Waals surface area (Å²) in [5, 5.41) is 11.1. The van der Waals surface area contributed by atoms with E-state index in [1.54, 1.807) is 0 Å². The zero-order valence-electron chi connectivity index (χ0n) is 22.0. The van der Waals surface area contributed by atoms with E-state index >= 15 is 0 Å². The Morgan fingerprint density at radius 3 is 2.31 bits per heavy atom. The van der Waals surface area contributed by atoms with Gasteiger partial charge in [0, 0.05) is 43.6 Å². The number of β-amino-alcohol motifs (C(OH)–C–C–N with tert-alkyl or cyclic N) is 1. The van der Waals surface area contributed by atoms with Gasteiger partial charge in [-0.15, -0.1) is 0 Å². The molecule has 5 nitrogen and oxygen atoms in total. The van der Waals surface area contributed by atoms with Crippen LogP contribution < -0.4 is 0 Å². The summed E-state index contributed by atoms with van der Waals surface area (Å²) >= 11 is 0. The van der Waals surface area contributed by atoms with Gasteiger partial charge in [0.1, 0.15) is 0 Å². The van der Waals surface area contributed by atoms with Crippen molar-refractivity contribution in [3.05, 3.63) is 35.4 Å². The van der Waals surface area contributed by atoms with Crippen LogP contribution in [0.3, 0.4) is 0 Å². The number of carbonyl (C=O) groups excluding carboxylic acids is 1. The van der Waals surface area contributed by atoms with Crippen LogP contribution >= 0.6 is 0 Å². The van der Waals surface area contributed by atoms with Gasteiger partial charge in [-0.3, -0.25) is 9.69 Å². The number of ether oxygens (including phenoxy) is 1. The molecule has 0 aromatic heterocycles. The van der Waals surface area contributed by atoms with Crippen molar-refractivity contribution in [2.75, 3.05) is 32.8 Å². The quantitative estimate of drug-likeness (QED) is 0.677. The van der Waals surface area contributed by atoms with Gasteiger partial charge in [0.2, 0.25) is 5.91 Å². The predicted octanol–water partition coefficient (Wildman–Crippen LogP) is 4.45. The maximum Gasteiger partial charge on any atom is 0.223 e. The Bertz CT molecular complexity index is 840. The Labute approximate surface area is 212 Å². The van der Waals surface area contributed by atoms with Gasteiger partial charge in [0.05, 0.1) is 12.7 Å². The summed E-state index contributed by atoms with van der Waals surface area (Å²) in [5.74, 6) is 1.27. The average Bonchev–Trinajstić information content (AvgIpc) is 3.52. The van der Waals surface area contributed by atoms with Crippen molar-refractivity contribution in [3.63, 3.8) is 0 Å². The van der Waals surface area contributed by atoms with Crippen molar-refractivity contribution < 1.29 is 14.6 Å². The lowest BCUT2D eigenvalue weighted by Crippen LogP contribution is -2.50. The first-order valence-electron chi connectivity index (χ1n) is 14.3. The monoisotopic (exact) mass is 482 g/mol. The molecule has 5 heteroatoms. The topological polar surface area (TPSA) is 53.0 Å². The first-order chi connectivity index (χ1) is 16.9. The van der Waals surface area contributed by atoms with Gasteiger partial charge < -0.3 is 14.7 Å². The summed E-state index contributed by atoms with van der Waals surface area (Å²) in [6.07, 6.45) is 10.2. The van der Waals surface area contributed by atoms with Crippen molar-refractivity contribution in [3.8, 4) is 0 Å². The summed E-state index contributed by atoms with van der Waals surface area (Å²) in [7, 11) is 0. The fraction of sp³-hybridized carbons (Fsp3) is 0.767. The fourth-order valence-electron chi connectivity index (χ4n) is 7.15. The maximum atomic E-state index is 13.8. The normalized spacial score (nSPS) is 31.9. The standard InChI is InChI=1S/C30H46N2O3/c1-30(2)21-35-15-7-10-25-19-31(27-16-22-8-3-4-9-23(22)17-27)14-13-24(25)18-29(34)32(20-28(30)33)26-11-5-6-12-26/h3-4,8-9,24-28,33H,5-7,10-21H2,1-2H3/t24-,25-,28-/m0/s1. The number of aliphatic hydroxyl groups excluding tert-OH is 1. The van der Waals surface area contributed by atoms with Gasteiger partial charge >= 0.3 is 0 Å². The molecule has 1 N–H and O–H groups in total. The van der Waals surface area contributed by atoms with Crippen molar-refractivity contribution in [2.45, 2.75) is 96.2 Å². The fourth-order valence-corrected chi connectivity index (χ4v) is 7.15. The molecule has 0 bridgehead atoms. The molecular weight excluding hydrogens is 436 g/mol. The SMILES string of the molecule is CC1(C)COCCC[C@H]2CN(C3Cc4ccccc4C3)CC[C@H]2CC(=O)N(C2CCCC2)C[C@@H]1O. The Balaban J connectivity index is 1.30. The Kier molecular flexibility index (Phi) is 7.86. The van der Waals surface area contributed by atoms with Crippen molar-refractivity contribution in [1.82, 2.24) is 9.80 Å². The molecule has 1 aromatic rings. The van der Waals surface area contributed by atoms with Gasteiger partial charge in [0.25, 0.3) is 0 Å². The van der Waals surface area contributed by atoms with Crippen LogP contribution in [0.4, 0.5) is 0 Å². The minimum Gasteiger partial charge on any atom is -0.391 e. The van der Waals surface area contributed by atoms with Crippen LogP contribution in [0.25, 0.3) is 0 Å². The minimum atomic E-state index is -0.561. The summed E-state index contributed by atoms with van der Waals surface area (Å²) in [4.78, 5) is 18.6. The van der Waals surface area contributed by atoms with E-state index in [1.165, 1.54) is 24.0 Å². The van der Waals surface area contributed by atoms with Gasteiger partial charge in [-0.05, 0) is 74.5 Å². The minimum absolute atomic E-state index is 0.281. The van der Waals surface area contributed by atoms with Gasteiger partial charge in [0.15, 0.2) is 0 Å². The summed E-state index contributed by atoms with van der Waals surface area (Å²) in [6, 6.07) is 9.84. The van der Waals surface area contributed by atoms with Gasteiger partial charge in [-0.2, -0.15) is 0 Å². The van der Waals surface area contributed by atoms with E-state index in [-0.39, 0.29) is 11.3 Å². The van der Waals surface area contributed by atoms with Crippen LogP contribution in [0.5, 0.6) is 0 Å². The summed E-state index contributed by atoms with van der Waals surface area (Å²) < 4.78 is 6.09. The molecule has 3 atom stereocenters. The molecule has 35 heavy (non-hydrogen) atoms. The van der Waals surface area contributed by atoms with E-state index in [2.05, 4.69) is 47.9 Å². The average molecular weight is 483 g/mol. The molecular formula is C30H46N2O3. The van der Waals surface area contributed by atoms with Crippen molar-refractivity contribution in [1.29, 1.82) is 0 Å². The van der Waals surface area contributed by atoms with E-state index in [0.29, 0.717) is 43.5 Å². The molecule has 2 heterocycles. The molecule has 194 valence electrons. The summed E-state index contributed by atoms with van der Waals surface area (Å²) in [6.45, 7) is 8.09. The number of hydrogen-bond donors (Lipinski definition) is 1. The third-order valence-electron chi connectivity index (χ3n) is 9.60. The molecule has 4 aliphatic rings. The third-order valence-corrected chi connectivity index (χ3v) is 9.60. The van der Waals surface area contributed by atoms with E-state index < -0.39 is 6.10 Å². The van der Waals surface area contributed by atoms with Crippen LogP contribution in [0.1, 0.15) is 76.3 Å². The first-order valence-corrected chi connectivity index (χ1v) is 14.3. The predicted molar refractivity (Wildman–Crippen MR) is 139 cm³/mol. The number of aliphatic hydroxyl groups is 1. The van der Waals surface area contributed by atoms with Crippen LogP contribution in [0, 0.1) is 17.3 Å². The Hall–Kier alpha value is -1.43. The van der Waals surface area contributed by atoms with E-state index in [0.717, 1.165) is 64.6 Å². The third kappa shape index (κ3) is 5.78. The molecule has 1 saturated carbocycles. The van der Waals surface area contributed by atoms with Crippen molar-refractivity contribution in [2.24, 2.45) is 17.3 Å². The molecule has 2 saturated heterocycles. The summed E-state index contributed by atoms with van der Waals surface area (Å²) in [5.41, 5.74) is 2.68. The lowest BCUT2D eigenvalue weighted by molar-refractivity contribution is -0.139. The molecule has 1 amide bonds. The van der Waals surface area contributed by atoms with Crippen molar-refractivity contribution >= 4 is 5.91 Å².